The lowest BCUT2D eigenvalue weighted by molar-refractivity contribution is 0.603. The molecule has 8 heteroatoms. The van der Waals surface area contributed by atoms with E-state index in [0.717, 1.165) is 5.01 Å². The quantitative estimate of drug-likeness (QED) is 0.764. The Hall–Kier alpha value is -0.340. The molecule has 5 nitrogen and oxygen atoms in total. The second-order valence-electron chi connectivity index (χ2n) is 2.72. The first-order valence-electron chi connectivity index (χ1n) is 3.81. The van der Waals surface area contributed by atoms with Gasteiger partial charge in [0.25, 0.3) is 0 Å². The first-order chi connectivity index (χ1) is 6.47. The summed E-state index contributed by atoms with van der Waals surface area (Å²) in [7, 11) is -2.85. The van der Waals surface area contributed by atoms with Crippen molar-refractivity contribution in [3.8, 4) is 0 Å². The second-order valence-corrected chi connectivity index (χ2v) is 7.18. The fraction of sp³-hybridized carbons (Fsp3) is 0.667. The van der Waals surface area contributed by atoms with Gasteiger partial charge in [-0.05, 0) is 0 Å². The molecule has 0 aliphatic rings. The Labute approximate surface area is 91.0 Å². The molecule has 1 aromatic heterocycles. The molecule has 80 valence electrons. The van der Waals surface area contributed by atoms with E-state index in [-0.39, 0.29) is 5.75 Å². The van der Waals surface area contributed by atoms with E-state index in [0.29, 0.717) is 16.6 Å². The van der Waals surface area contributed by atoms with Gasteiger partial charge in [0, 0.05) is 17.8 Å². The Kier molecular flexibility index (Phi) is 4.14. The van der Waals surface area contributed by atoms with Crippen LogP contribution in [0, 0.1) is 0 Å². The lowest BCUT2D eigenvalue weighted by atomic mass is 10.8. The normalized spacial score (nSPS) is 11.8. The van der Waals surface area contributed by atoms with Gasteiger partial charge in [-0.1, -0.05) is 11.3 Å². The van der Waals surface area contributed by atoms with Gasteiger partial charge >= 0.3 is 0 Å². The number of sulfone groups is 1. The van der Waals surface area contributed by atoms with Gasteiger partial charge in [0.05, 0.1) is 5.75 Å². The highest BCUT2D eigenvalue weighted by Crippen LogP contribution is 2.17. The van der Waals surface area contributed by atoms with Crippen molar-refractivity contribution in [2.45, 2.75) is 5.75 Å². The minimum Gasteiger partial charge on any atom is -0.374 e. The first kappa shape index (κ1) is 11.7. The maximum absolute atomic E-state index is 10.8. The number of nitrogen functional groups attached to an aromatic ring is 1. The largest absolute Gasteiger partial charge is 0.374 e. The molecule has 0 saturated heterocycles. The van der Waals surface area contributed by atoms with Crippen molar-refractivity contribution in [3.05, 3.63) is 5.01 Å². The van der Waals surface area contributed by atoms with Crippen LogP contribution in [0.4, 0.5) is 5.13 Å². The molecule has 0 atom stereocenters. The molecule has 0 aliphatic carbocycles. The fourth-order valence-electron chi connectivity index (χ4n) is 0.695. The summed E-state index contributed by atoms with van der Waals surface area (Å²) in [5, 5.41) is 8.76. The third kappa shape index (κ3) is 4.77. The summed E-state index contributed by atoms with van der Waals surface area (Å²) >= 11 is 2.85. The van der Waals surface area contributed by atoms with Gasteiger partial charge in [-0.2, -0.15) is 11.8 Å². The number of anilines is 1. The van der Waals surface area contributed by atoms with Crippen LogP contribution in [0.5, 0.6) is 0 Å². The number of rotatable bonds is 5. The predicted molar refractivity (Wildman–Crippen MR) is 60.2 cm³/mol. The zero-order valence-corrected chi connectivity index (χ0v) is 10.1. The van der Waals surface area contributed by atoms with Gasteiger partial charge < -0.3 is 5.73 Å². The number of hydrogen-bond donors (Lipinski definition) is 1. The highest BCUT2D eigenvalue weighted by atomic mass is 32.2. The molecule has 0 saturated carbocycles. The third-order valence-corrected chi connectivity index (χ3v) is 4.42. The van der Waals surface area contributed by atoms with Crippen molar-refractivity contribution in [1.82, 2.24) is 10.2 Å². The standard InChI is InChI=1S/C6H11N3O2S3/c1-14(10,11)3-2-12-4-5-8-9-6(7)13-5/h2-4H2,1H3,(H2,7,9). The molecule has 1 rings (SSSR count). The average Bonchev–Trinajstić information content (AvgIpc) is 2.44. The van der Waals surface area contributed by atoms with Crippen LogP contribution in [0.15, 0.2) is 0 Å². The Morgan fingerprint density at radius 2 is 2.21 bits per heavy atom. The molecule has 14 heavy (non-hydrogen) atoms. The number of thioether (sulfide) groups is 1. The van der Waals surface area contributed by atoms with Crippen molar-refractivity contribution < 1.29 is 8.42 Å². The van der Waals surface area contributed by atoms with Crippen LogP contribution < -0.4 is 5.73 Å². The van der Waals surface area contributed by atoms with Crippen LogP contribution >= 0.6 is 23.1 Å². The van der Waals surface area contributed by atoms with E-state index in [1.54, 1.807) is 0 Å². The van der Waals surface area contributed by atoms with Gasteiger partial charge in [-0.15, -0.1) is 10.2 Å². The molecule has 1 aromatic rings. The molecule has 0 aromatic carbocycles. The molecule has 0 radical (unpaired) electrons. The van der Waals surface area contributed by atoms with Crippen LogP contribution in [0.25, 0.3) is 0 Å². The van der Waals surface area contributed by atoms with E-state index in [4.69, 9.17) is 5.73 Å². The molecule has 0 bridgehead atoms. The van der Waals surface area contributed by atoms with Crippen LogP contribution in [-0.2, 0) is 15.6 Å². The zero-order chi connectivity index (χ0) is 10.6. The Balaban J connectivity index is 2.23. The molecule has 0 amide bonds. The number of hydrogen-bond acceptors (Lipinski definition) is 7. The monoisotopic (exact) mass is 253 g/mol. The van der Waals surface area contributed by atoms with Gasteiger partial charge in [0.15, 0.2) is 0 Å². The first-order valence-corrected chi connectivity index (χ1v) is 7.84. The number of nitrogens with zero attached hydrogens (tertiary/aromatic N) is 2. The number of aromatic nitrogens is 2. The molecule has 0 spiro atoms. The fourth-order valence-corrected chi connectivity index (χ4v) is 3.64. The SMILES string of the molecule is CS(=O)(=O)CCSCc1nnc(N)s1. The van der Waals surface area contributed by atoms with Gasteiger partial charge in [-0.3, -0.25) is 0 Å². The summed E-state index contributed by atoms with van der Waals surface area (Å²) in [6.45, 7) is 0. The van der Waals surface area contributed by atoms with Crippen molar-refractivity contribution in [1.29, 1.82) is 0 Å². The zero-order valence-electron chi connectivity index (χ0n) is 7.63. The molecule has 0 aliphatic heterocycles. The molecular weight excluding hydrogens is 242 g/mol. The lowest BCUT2D eigenvalue weighted by Crippen LogP contribution is -2.05. The van der Waals surface area contributed by atoms with Gasteiger partial charge in [-0.25, -0.2) is 8.42 Å². The van der Waals surface area contributed by atoms with Crippen molar-refractivity contribution in [3.63, 3.8) is 0 Å². The van der Waals surface area contributed by atoms with E-state index < -0.39 is 9.84 Å². The highest BCUT2D eigenvalue weighted by Gasteiger charge is 2.04. The third-order valence-electron chi connectivity index (χ3n) is 1.31. The predicted octanol–water partition coefficient (Wildman–Crippen LogP) is 0.398. The topological polar surface area (TPSA) is 85.9 Å². The van der Waals surface area contributed by atoms with Crippen LogP contribution in [0.1, 0.15) is 5.01 Å². The average molecular weight is 253 g/mol. The van der Waals surface area contributed by atoms with E-state index in [2.05, 4.69) is 10.2 Å². The van der Waals surface area contributed by atoms with Crippen LogP contribution in [0.3, 0.4) is 0 Å². The highest BCUT2D eigenvalue weighted by molar-refractivity contribution is 8.00. The van der Waals surface area contributed by atoms with E-state index in [1.807, 2.05) is 0 Å². The summed E-state index contributed by atoms with van der Waals surface area (Å²) in [5.41, 5.74) is 5.39. The summed E-state index contributed by atoms with van der Waals surface area (Å²) < 4.78 is 21.6. The minimum absolute atomic E-state index is 0.200. The van der Waals surface area contributed by atoms with Crippen LogP contribution in [0.2, 0.25) is 0 Å². The molecule has 2 N–H and O–H groups in total. The summed E-state index contributed by atoms with van der Waals surface area (Å²) in [4.78, 5) is 0. The van der Waals surface area contributed by atoms with E-state index in [9.17, 15) is 8.42 Å². The summed E-state index contributed by atoms with van der Waals surface area (Å²) in [6, 6.07) is 0. The van der Waals surface area contributed by atoms with Crippen molar-refractivity contribution in [2.24, 2.45) is 0 Å². The molecule has 0 unspecified atom stereocenters. The van der Waals surface area contributed by atoms with Crippen molar-refractivity contribution >= 4 is 38.1 Å². The molecule has 0 fully saturated rings. The van der Waals surface area contributed by atoms with Crippen LogP contribution in [-0.4, -0.2) is 36.4 Å². The van der Waals surface area contributed by atoms with E-state index in [1.165, 1.54) is 29.4 Å². The molecular formula is C6H11N3O2S3. The summed E-state index contributed by atoms with van der Waals surface area (Å²) in [6.07, 6.45) is 1.23. The number of nitrogens with two attached hydrogens (primary N) is 1. The Bertz CT molecular complexity index is 387. The minimum atomic E-state index is -2.85. The van der Waals surface area contributed by atoms with Crippen molar-refractivity contribution in [2.75, 3.05) is 23.5 Å². The maximum Gasteiger partial charge on any atom is 0.203 e. The second kappa shape index (κ2) is 4.94. The maximum atomic E-state index is 10.8. The van der Waals surface area contributed by atoms with E-state index >= 15 is 0 Å². The molecule has 1 heterocycles. The Morgan fingerprint density at radius 3 is 2.71 bits per heavy atom. The smallest absolute Gasteiger partial charge is 0.203 e. The lowest BCUT2D eigenvalue weighted by Gasteiger charge is -1.96. The van der Waals surface area contributed by atoms with Gasteiger partial charge in [0.2, 0.25) is 5.13 Å². The van der Waals surface area contributed by atoms with Gasteiger partial charge in [0.1, 0.15) is 14.8 Å². The Morgan fingerprint density at radius 1 is 1.50 bits per heavy atom. The summed E-state index contributed by atoms with van der Waals surface area (Å²) in [5.74, 6) is 1.45.